The zero-order valence-electron chi connectivity index (χ0n) is 18.2. The predicted molar refractivity (Wildman–Crippen MR) is 115 cm³/mol. The number of unbranched alkanes of at least 4 members (excludes halogenated alkanes) is 10. The lowest BCUT2D eigenvalue weighted by atomic mass is 10.0. The molecule has 0 aromatic rings. The highest BCUT2D eigenvalue weighted by Gasteiger charge is 2.30. The summed E-state index contributed by atoms with van der Waals surface area (Å²) >= 11 is 0. The summed E-state index contributed by atoms with van der Waals surface area (Å²) in [5.74, 6) is -0.659. The fourth-order valence-electron chi connectivity index (χ4n) is 3.78. The minimum atomic E-state index is -1.42. The first-order valence-corrected chi connectivity index (χ1v) is 13.9. The summed E-state index contributed by atoms with van der Waals surface area (Å²) in [6.45, 7) is 9.20. The molecule has 0 radical (unpaired) electrons. The van der Waals surface area contributed by atoms with Gasteiger partial charge in [0.25, 0.3) is 0 Å². The SMILES string of the molecule is CC[Si](CC)(CC)OC(C)CCCCCCCCCCCCCC(=O)O. The highest BCUT2D eigenvalue weighted by Crippen LogP contribution is 2.25. The van der Waals surface area contributed by atoms with E-state index in [0.717, 1.165) is 12.8 Å². The average Bonchev–Trinajstić information content (AvgIpc) is 2.63. The molecule has 1 N–H and O–H groups in total. The van der Waals surface area contributed by atoms with E-state index in [1.165, 1.54) is 82.3 Å². The van der Waals surface area contributed by atoms with E-state index in [-0.39, 0.29) is 0 Å². The Bertz CT molecular complexity index is 321. The number of hydrogen-bond acceptors (Lipinski definition) is 2. The molecule has 0 saturated heterocycles. The van der Waals surface area contributed by atoms with Gasteiger partial charge in [-0.2, -0.15) is 0 Å². The van der Waals surface area contributed by atoms with E-state index in [2.05, 4.69) is 27.7 Å². The molecule has 0 aliphatic carbocycles. The van der Waals surface area contributed by atoms with E-state index in [1.54, 1.807) is 0 Å². The van der Waals surface area contributed by atoms with Crippen molar-refractivity contribution in [2.24, 2.45) is 0 Å². The Hall–Kier alpha value is -0.353. The van der Waals surface area contributed by atoms with Crippen LogP contribution in [0, 0.1) is 0 Å². The van der Waals surface area contributed by atoms with Gasteiger partial charge < -0.3 is 9.53 Å². The van der Waals surface area contributed by atoms with Crippen LogP contribution in [0.15, 0.2) is 0 Å². The van der Waals surface area contributed by atoms with Crippen LogP contribution in [0.4, 0.5) is 0 Å². The number of carboxylic acid groups (broad SMARTS) is 1. The normalized spacial score (nSPS) is 13.1. The molecule has 156 valence electrons. The molecule has 0 aliphatic heterocycles. The van der Waals surface area contributed by atoms with Crippen molar-refractivity contribution in [2.45, 2.75) is 135 Å². The van der Waals surface area contributed by atoms with Gasteiger partial charge in [-0.3, -0.25) is 4.79 Å². The molecule has 0 amide bonds. The van der Waals surface area contributed by atoms with E-state index >= 15 is 0 Å². The number of carboxylic acids is 1. The quantitative estimate of drug-likeness (QED) is 0.184. The molecule has 0 saturated carbocycles. The van der Waals surface area contributed by atoms with Crippen LogP contribution in [0.3, 0.4) is 0 Å². The second-order valence-corrected chi connectivity index (χ2v) is 12.7. The Morgan fingerprint density at radius 2 is 1.15 bits per heavy atom. The molecule has 0 rings (SSSR count). The molecular weight excluding hydrogens is 340 g/mol. The van der Waals surface area contributed by atoms with Gasteiger partial charge in [0.2, 0.25) is 0 Å². The van der Waals surface area contributed by atoms with E-state index in [1.807, 2.05) is 0 Å². The van der Waals surface area contributed by atoms with Crippen LogP contribution in [-0.4, -0.2) is 25.5 Å². The smallest absolute Gasteiger partial charge is 0.303 e. The summed E-state index contributed by atoms with van der Waals surface area (Å²) in [6.07, 6.45) is 15.8. The van der Waals surface area contributed by atoms with Crippen molar-refractivity contribution >= 4 is 14.3 Å². The Kier molecular flexibility index (Phi) is 16.6. The fraction of sp³-hybridized carbons (Fsp3) is 0.955. The Morgan fingerprint density at radius 3 is 1.54 bits per heavy atom. The Morgan fingerprint density at radius 1 is 0.769 bits per heavy atom. The highest BCUT2D eigenvalue weighted by molar-refractivity contribution is 6.73. The second-order valence-electron chi connectivity index (χ2n) is 7.99. The third-order valence-corrected chi connectivity index (χ3v) is 10.7. The summed E-state index contributed by atoms with van der Waals surface area (Å²) in [4.78, 5) is 10.4. The van der Waals surface area contributed by atoms with Crippen LogP contribution in [0.5, 0.6) is 0 Å². The van der Waals surface area contributed by atoms with Crippen molar-refractivity contribution in [3.05, 3.63) is 0 Å². The van der Waals surface area contributed by atoms with Gasteiger partial charge in [0.05, 0.1) is 0 Å². The minimum absolute atomic E-state index is 0.335. The van der Waals surface area contributed by atoms with E-state index < -0.39 is 14.3 Å². The topological polar surface area (TPSA) is 46.5 Å². The maximum absolute atomic E-state index is 10.4. The van der Waals surface area contributed by atoms with Crippen LogP contribution in [-0.2, 0) is 9.22 Å². The molecule has 26 heavy (non-hydrogen) atoms. The van der Waals surface area contributed by atoms with Crippen LogP contribution in [0.25, 0.3) is 0 Å². The molecule has 0 fully saturated rings. The summed E-state index contributed by atoms with van der Waals surface area (Å²) in [7, 11) is -1.42. The molecule has 4 heteroatoms. The molecule has 0 aromatic carbocycles. The van der Waals surface area contributed by atoms with Crippen molar-refractivity contribution in [3.8, 4) is 0 Å². The van der Waals surface area contributed by atoms with E-state index in [4.69, 9.17) is 9.53 Å². The maximum atomic E-state index is 10.4. The zero-order valence-corrected chi connectivity index (χ0v) is 19.2. The van der Waals surface area contributed by atoms with Gasteiger partial charge in [-0.25, -0.2) is 0 Å². The Labute approximate surface area is 164 Å². The van der Waals surface area contributed by atoms with Gasteiger partial charge in [-0.05, 0) is 37.9 Å². The van der Waals surface area contributed by atoms with Gasteiger partial charge >= 0.3 is 5.97 Å². The minimum Gasteiger partial charge on any atom is -0.481 e. The summed E-state index contributed by atoms with van der Waals surface area (Å²) in [6, 6.07) is 3.76. The number of aliphatic carboxylic acids is 1. The maximum Gasteiger partial charge on any atom is 0.303 e. The predicted octanol–water partition coefficient (Wildman–Crippen LogP) is 7.55. The standard InChI is InChI=1S/C22H46O3Si/c1-5-26(6-2,7-3)25-21(4)19-17-15-13-11-9-8-10-12-14-16-18-20-22(23)24/h21H,5-20H2,1-4H3,(H,23,24). The Balaban J connectivity index is 3.41. The highest BCUT2D eigenvalue weighted by atomic mass is 28.4. The first kappa shape index (κ1) is 25.6. The van der Waals surface area contributed by atoms with Gasteiger partial charge in [0.15, 0.2) is 8.32 Å². The van der Waals surface area contributed by atoms with Crippen molar-refractivity contribution in [2.75, 3.05) is 0 Å². The first-order chi connectivity index (χ1) is 12.5. The molecule has 0 heterocycles. The lowest BCUT2D eigenvalue weighted by molar-refractivity contribution is -0.137. The average molecular weight is 387 g/mol. The first-order valence-electron chi connectivity index (χ1n) is 11.4. The molecule has 0 aromatic heterocycles. The summed E-state index contributed by atoms with van der Waals surface area (Å²) in [5, 5.41) is 8.58. The third kappa shape index (κ3) is 13.8. The van der Waals surface area contributed by atoms with Crippen molar-refractivity contribution in [3.63, 3.8) is 0 Å². The molecule has 0 aliphatic rings. The molecule has 0 spiro atoms. The van der Waals surface area contributed by atoms with E-state index in [9.17, 15) is 4.79 Å². The molecular formula is C22H46O3Si. The van der Waals surface area contributed by atoms with Crippen molar-refractivity contribution < 1.29 is 14.3 Å². The molecule has 1 unspecified atom stereocenters. The van der Waals surface area contributed by atoms with Gasteiger partial charge in [-0.15, -0.1) is 0 Å². The van der Waals surface area contributed by atoms with E-state index in [0.29, 0.717) is 12.5 Å². The number of rotatable bonds is 19. The molecule has 1 atom stereocenters. The van der Waals surface area contributed by atoms with Crippen LogP contribution >= 0.6 is 0 Å². The summed E-state index contributed by atoms with van der Waals surface area (Å²) in [5.41, 5.74) is 0. The molecule has 0 bridgehead atoms. The lowest BCUT2D eigenvalue weighted by Gasteiger charge is -2.31. The van der Waals surface area contributed by atoms with Gasteiger partial charge in [0.1, 0.15) is 0 Å². The monoisotopic (exact) mass is 386 g/mol. The molecule has 3 nitrogen and oxygen atoms in total. The van der Waals surface area contributed by atoms with Crippen molar-refractivity contribution in [1.82, 2.24) is 0 Å². The number of hydrogen-bond donors (Lipinski definition) is 1. The lowest BCUT2D eigenvalue weighted by Crippen LogP contribution is -2.39. The van der Waals surface area contributed by atoms with Gasteiger partial charge in [0, 0.05) is 12.5 Å². The van der Waals surface area contributed by atoms with Crippen molar-refractivity contribution in [1.29, 1.82) is 0 Å². The van der Waals surface area contributed by atoms with Crippen LogP contribution in [0.1, 0.15) is 111 Å². The van der Waals surface area contributed by atoms with Crippen LogP contribution < -0.4 is 0 Å². The summed E-state index contributed by atoms with van der Waals surface area (Å²) < 4.78 is 6.50. The largest absolute Gasteiger partial charge is 0.481 e. The fourth-order valence-corrected chi connectivity index (χ4v) is 6.76. The van der Waals surface area contributed by atoms with Crippen LogP contribution in [0.2, 0.25) is 18.1 Å². The third-order valence-electron chi connectivity index (χ3n) is 5.89. The second kappa shape index (κ2) is 16.8. The zero-order chi connectivity index (χ0) is 19.7. The van der Waals surface area contributed by atoms with Gasteiger partial charge in [-0.1, -0.05) is 85.0 Å². The number of carbonyl (C=O) groups is 1.